The highest BCUT2D eigenvalue weighted by Gasteiger charge is 2.34. The smallest absolute Gasteiger partial charge is 0.357 e. The average molecular weight is 550 g/mol. The van der Waals surface area contributed by atoms with E-state index in [0.29, 0.717) is 38.6 Å². The topological polar surface area (TPSA) is 57.5 Å². The molecule has 1 atom stereocenters. The largest absolute Gasteiger partial charge is 0.401 e. The molecule has 0 aliphatic carbocycles. The van der Waals surface area contributed by atoms with E-state index in [9.17, 15) is 13.2 Å². The Kier molecular flexibility index (Phi) is 9.60. The Morgan fingerprint density at radius 2 is 2.06 bits per heavy atom. The molecular formula is C21H30F3IN6. The maximum atomic E-state index is 12.6. The standard InChI is InChI=1S/C21H29F3N6.HI/c1-3-25-20(28-19-7-9-29(14-19)15-21(22,23)24)27-12-17-5-4-6-18(11-17)13-30-10-8-26-16(30)2;/h4-6,8,10-11,19H,3,7,9,12-15H2,1-2H3,(H2,25,27,28);1H. The molecule has 0 bridgehead atoms. The van der Waals surface area contributed by atoms with Gasteiger partial charge in [-0.3, -0.25) is 4.90 Å². The lowest BCUT2D eigenvalue weighted by Crippen LogP contribution is -2.45. The number of hydrogen-bond acceptors (Lipinski definition) is 3. The van der Waals surface area contributed by atoms with E-state index >= 15 is 0 Å². The van der Waals surface area contributed by atoms with Crippen molar-refractivity contribution < 1.29 is 13.2 Å². The first kappa shape index (κ1) is 25.4. The van der Waals surface area contributed by atoms with E-state index in [1.54, 1.807) is 6.20 Å². The summed E-state index contributed by atoms with van der Waals surface area (Å²) in [6.07, 6.45) is 0.252. The molecule has 10 heteroatoms. The third kappa shape index (κ3) is 8.32. The summed E-state index contributed by atoms with van der Waals surface area (Å²) in [4.78, 5) is 10.3. The summed E-state index contributed by atoms with van der Waals surface area (Å²) in [6, 6.07) is 8.19. The number of guanidine groups is 1. The number of aromatic nitrogens is 2. The van der Waals surface area contributed by atoms with Crippen LogP contribution in [0.25, 0.3) is 0 Å². The maximum Gasteiger partial charge on any atom is 0.401 e. The number of halogens is 4. The van der Waals surface area contributed by atoms with Crippen molar-refractivity contribution in [3.8, 4) is 0 Å². The van der Waals surface area contributed by atoms with Crippen LogP contribution in [-0.4, -0.2) is 58.8 Å². The first-order valence-corrected chi connectivity index (χ1v) is 10.2. The van der Waals surface area contributed by atoms with Crippen molar-refractivity contribution in [1.29, 1.82) is 0 Å². The van der Waals surface area contributed by atoms with Gasteiger partial charge in [-0.15, -0.1) is 24.0 Å². The molecule has 1 fully saturated rings. The molecule has 1 aliphatic rings. The SMILES string of the molecule is CCNC(=NCc1cccc(Cn2ccnc2C)c1)NC1CCN(CC(F)(F)F)C1.I. The number of hydrogen-bond donors (Lipinski definition) is 2. The fraction of sp³-hybridized carbons (Fsp3) is 0.524. The molecule has 2 heterocycles. The lowest BCUT2D eigenvalue weighted by molar-refractivity contribution is -0.143. The molecule has 3 rings (SSSR count). The third-order valence-electron chi connectivity index (χ3n) is 5.05. The van der Waals surface area contributed by atoms with Crippen molar-refractivity contribution in [2.24, 2.45) is 4.99 Å². The molecule has 172 valence electrons. The van der Waals surface area contributed by atoms with Crippen LogP contribution in [-0.2, 0) is 13.1 Å². The molecule has 1 aliphatic heterocycles. The Bertz CT molecular complexity index is 852. The number of benzene rings is 1. The van der Waals surface area contributed by atoms with Gasteiger partial charge in [-0.25, -0.2) is 9.98 Å². The molecule has 2 N–H and O–H groups in total. The number of aliphatic imine (C=N–C) groups is 1. The zero-order chi connectivity index (χ0) is 21.6. The summed E-state index contributed by atoms with van der Waals surface area (Å²) in [7, 11) is 0. The second kappa shape index (κ2) is 11.7. The molecule has 0 amide bonds. The molecule has 1 saturated heterocycles. The van der Waals surface area contributed by atoms with Crippen molar-refractivity contribution in [2.75, 3.05) is 26.2 Å². The number of nitrogens with one attached hydrogen (secondary N) is 2. The minimum atomic E-state index is -4.16. The number of imidazole rings is 1. The van der Waals surface area contributed by atoms with Crippen LogP contribution in [0.1, 0.15) is 30.3 Å². The van der Waals surface area contributed by atoms with Gasteiger partial charge in [0.05, 0.1) is 13.1 Å². The first-order valence-electron chi connectivity index (χ1n) is 10.2. The van der Waals surface area contributed by atoms with E-state index < -0.39 is 12.7 Å². The summed E-state index contributed by atoms with van der Waals surface area (Å²) in [5, 5.41) is 6.47. The fourth-order valence-electron chi connectivity index (χ4n) is 3.63. The molecule has 2 aromatic rings. The molecule has 0 spiro atoms. The Balaban J connectivity index is 0.00000341. The van der Waals surface area contributed by atoms with Gasteiger partial charge in [0, 0.05) is 44.6 Å². The Morgan fingerprint density at radius 1 is 1.29 bits per heavy atom. The minimum Gasteiger partial charge on any atom is -0.357 e. The van der Waals surface area contributed by atoms with Gasteiger partial charge in [0.25, 0.3) is 0 Å². The molecule has 1 aromatic heterocycles. The van der Waals surface area contributed by atoms with Gasteiger partial charge < -0.3 is 15.2 Å². The summed E-state index contributed by atoms with van der Waals surface area (Å²) >= 11 is 0. The molecule has 1 unspecified atom stereocenters. The van der Waals surface area contributed by atoms with Crippen LogP contribution in [0.3, 0.4) is 0 Å². The maximum absolute atomic E-state index is 12.6. The van der Waals surface area contributed by atoms with Crippen LogP contribution in [0.15, 0.2) is 41.7 Å². The van der Waals surface area contributed by atoms with Crippen molar-refractivity contribution in [2.45, 2.75) is 45.6 Å². The molecule has 31 heavy (non-hydrogen) atoms. The molecule has 0 saturated carbocycles. The predicted molar refractivity (Wildman–Crippen MR) is 127 cm³/mol. The highest BCUT2D eigenvalue weighted by atomic mass is 127. The van der Waals surface area contributed by atoms with Gasteiger partial charge in [0.2, 0.25) is 0 Å². The van der Waals surface area contributed by atoms with Crippen molar-refractivity contribution in [3.05, 3.63) is 53.6 Å². The van der Waals surface area contributed by atoms with E-state index in [0.717, 1.165) is 17.9 Å². The summed E-state index contributed by atoms with van der Waals surface area (Å²) < 4.78 is 39.9. The Labute approximate surface area is 198 Å². The molecule has 0 radical (unpaired) electrons. The van der Waals surface area contributed by atoms with Crippen LogP contribution < -0.4 is 10.6 Å². The zero-order valence-corrected chi connectivity index (χ0v) is 20.2. The lowest BCUT2D eigenvalue weighted by atomic mass is 10.1. The normalized spacial score (nSPS) is 17.5. The second-order valence-electron chi connectivity index (χ2n) is 7.60. The number of likely N-dealkylation sites (tertiary alicyclic amines) is 1. The molecular weight excluding hydrogens is 520 g/mol. The number of nitrogens with zero attached hydrogens (tertiary/aromatic N) is 4. The van der Waals surface area contributed by atoms with E-state index in [-0.39, 0.29) is 30.0 Å². The number of alkyl halides is 3. The van der Waals surface area contributed by atoms with Gasteiger partial charge in [0.15, 0.2) is 5.96 Å². The molecule has 6 nitrogen and oxygen atoms in total. The van der Waals surface area contributed by atoms with Crippen molar-refractivity contribution >= 4 is 29.9 Å². The fourth-order valence-corrected chi connectivity index (χ4v) is 3.63. The van der Waals surface area contributed by atoms with Gasteiger partial charge >= 0.3 is 6.18 Å². The Hall–Kier alpha value is -1.82. The summed E-state index contributed by atoms with van der Waals surface area (Å²) in [5.41, 5.74) is 2.24. The highest BCUT2D eigenvalue weighted by molar-refractivity contribution is 14.0. The minimum absolute atomic E-state index is 0. The van der Waals surface area contributed by atoms with Crippen molar-refractivity contribution in [1.82, 2.24) is 25.1 Å². The van der Waals surface area contributed by atoms with Crippen LogP contribution in [0.2, 0.25) is 0 Å². The first-order chi connectivity index (χ1) is 14.3. The van der Waals surface area contributed by atoms with E-state index in [2.05, 4.69) is 37.3 Å². The van der Waals surface area contributed by atoms with E-state index in [1.807, 2.05) is 32.2 Å². The predicted octanol–water partition coefficient (Wildman–Crippen LogP) is 3.55. The van der Waals surface area contributed by atoms with Crippen LogP contribution in [0.5, 0.6) is 0 Å². The third-order valence-corrected chi connectivity index (χ3v) is 5.05. The average Bonchev–Trinajstić information content (AvgIpc) is 3.28. The van der Waals surface area contributed by atoms with Crippen LogP contribution >= 0.6 is 24.0 Å². The van der Waals surface area contributed by atoms with E-state index in [1.165, 1.54) is 10.5 Å². The summed E-state index contributed by atoms with van der Waals surface area (Å²) in [5.74, 6) is 1.60. The monoisotopic (exact) mass is 550 g/mol. The van der Waals surface area contributed by atoms with Crippen LogP contribution in [0, 0.1) is 6.92 Å². The molecule has 1 aromatic carbocycles. The second-order valence-corrected chi connectivity index (χ2v) is 7.60. The van der Waals surface area contributed by atoms with Gasteiger partial charge in [-0.1, -0.05) is 24.3 Å². The van der Waals surface area contributed by atoms with Crippen molar-refractivity contribution in [3.63, 3.8) is 0 Å². The zero-order valence-electron chi connectivity index (χ0n) is 17.8. The Morgan fingerprint density at radius 3 is 2.74 bits per heavy atom. The van der Waals surface area contributed by atoms with Gasteiger partial charge in [-0.2, -0.15) is 13.2 Å². The highest BCUT2D eigenvalue weighted by Crippen LogP contribution is 2.20. The quantitative estimate of drug-likeness (QED) is 0.315. The lowest BCUT2D eigenvalue weighted by Gasteiger charge is -2.19. The van der Waals surface area contributed by atoms with Crippen LogP contribution in [0.4, 0.5) is 13.2 Å². The van der Waals surface area contributed by atoms with Gasteiger partial charge in [-0.05, 0) is 31.4 Å². The number of aryl methyl sites for hydroxylation is 1. The number of rotatable bonds is 7. The van der Waals surface area contributed by atoms with E-state index in [4.69, 9.17) is 0 Å². The summed E-state index contributed by atoms with van der Waals surface area (Å²) in [6.45, 7) is 5.81. The van der Waals surface area contributed by atoms with Gasteiger partial charge in [0.1, 0.15) is 5.82 Å².